The molecule has 7 nitrogen and oxygen atoms in total. The van der Waals surface area contributed by atoms with Crippen LogP contribution in [-0.4, -0.2) is 26.9 Å². The fraction of sp³-hybridized carbons (Fsp3) is 0.120. The van der Waals surface area contributed by atoms with Crippen LogP contribution in [0.2, 0.25) is 0 Å². The second-order valence-electron chi connectivity index (χ2n) is 7.33. The molecule has 156 valence electrons. The van der Waals surface area contributed by atoms with Crippen LogP contribution >= 0.6 is 0 Å². The van der Waals surface area contributed by atoms with Gasteiger partial charge in [-0.1, -0.05) is 12.1 Å². The molecule has 0 aliphatic carbocycles. The van der Waals surface area contributed by atoms with Gasteiger partial charge in [0, 0.05) is 17.7 Å². The number of fused-ring (bicyclic) bond motifs is 1. The predicted molar refractivity (Wildman–Crippen MR) is 119 cm³/mol. The summed E-state index contributed by atoms with van der Waals surface area (Å²) in [5, 5.41) is 17.5. The first-order valence-corrected chi connectivity index (χ1v) is 10.2. The average Bonchev–Trinajstić information content (AvgIpc) is 3.50. The molecule has 2 heterocycles. The minimum absolute atomic E-state index is 0.468. The first kappa shape index (κ1) is 19.5. The van der Waals surface area contributed by atoms with E-state index in [0.29, 0.717) is 23.8 Å². The Balaban J connectivity index is 1.39. The number of rotatable bonds is 6. The molecule has 0 aliphatic rings. The minimum Gasteiger partial charge on any atom is -0.497 e. The van der Waals surface area contributed by atoms with Crippen LogP contribution in [-0.2, 0) is 12.8 Å². The van der Waals surface area contributed by atoms with Crippen LogP contribution in [0, 0.1) is 11.3 Å². The number of methoxy groups -OCH3 is 1. The molecule has 5 rings (SSSR count). The number of aryl methyl sites for hydroxylation is 2. The molecule has 0 bridgehead atoms. The summed E-state index contributed by atoms with van der Waals surface area (Å²) in [5.41, 5.74) is 5.35. The molecule has 0 aliphatic heterocycles. The molecule has 32 heavy (non-hydrogen) atoms. The third-order valence-electron chi connectivity index (χ3n) is 5.30. The summed E-state index contributed by atoms with van der Waals surface area (Å²) in [6.45, 7) is 0. The number of hydrogen-bond acceptors (Lipinski definition) is 6. The molecule has 3 aromatic carbocycles. The zero-order valence-electron chi connectivity index (χ0n) is 17.4. The number of nitrogens with zero attached hydrogens (tertiary/aromatic N) is 5. The lowest BCUT2D eigenvalue weighted by molar-refractivity contribution is 0.415. The van der Waals surface area contributed by atoms with Crippen LogP contribution < -0.4 is 4.74 Å². The van der Waals surface area contributed by atoms with Crippen molar-refractivity contribution in [2.45, 2.75) is 12.8 Å². The molecule has 7 heteroatoms. The molecule has 0 unspecified atom stereocenters. The minimum atomic E-state index is 0.468. The number of ether oxygens (including phenoxy) is 1. The van der Waals surface area contributed by atoms with Crippen LogP contribution in [0.25, 0.3) is 28.2 Å². The van der Waals surface area contributed by atoms with Gasteiger partial charge in [-0.3, -0.25) is 4.57 Å². The largest absolute Gasteiger partial charge is 0.497 e. The maximum absolute atomic E-state index is 9.05. The molecule has 0 amide bonds. The van der Waals surface area contributed by atoms with Crippen molar-refractivity contribution in [3.05, 3.63) is 90.1 Å². The maximum atomic E-state index is 9.05. The summed E-state index contributed by atoms with van der Waals surface area (Å²) in [6.07, 6.45) is 3.12. The summed E-state index contributed by atoms with van der Waals surface area (Å²) in [6, 6.07) is 23.4. The molecule has 0 radical (unpaired) electrons. The van der Waals surface area contributed by atoms with Gasteiger partial charge in [0.1, 0.15) is 12.1 Å². The van der Waals surface area contributed by atoms with E-state index < -0.39 is 0 Å². The Kier molecular flexibility index (Phi) is 5.10. The Hall–Kier alpha value is -4.44. The van der Waals surface area contributed by atoms with E-state index in [0.717, 1.165) is 40.0 Å². The zero-order chi connectivity index (χ0) is 21.9. The number of nitriles is 1. The molecule has 2 aromatic heterocycles. The van der Waals surface area contributed by atoms with Crippen molar-refractivity contribution >= 4 is 11.0 Å². The van der Waals surface area contributed by atoms with Gasteiger partial charge in [0.25, 0.3) is 0 Å². The fourth-order valence-corrected chi connectivity index (χ4v) is 3.61. The maximum Gasteiger partial charge on any atom is 0.247 e. The van der Waals surface area contributed by atoms with Gasteiger partial charge in [-0.05, 0) is 66.6 Å². The lowest BCUT2D eigenvalue weighted by Crippen LogP contribution is -1.92. The van der Waals surface area contributed by atoms with Gasteiger partial charge in [-0.2, -0.15) is 5.26 Å². The molecule has 0 N–H and O–H groups in total. The Morgan fingerprint density at radius 2 is 1.88 bits per heavy atom. The molecular formula is C25H19N5O2. The van der Waals surface area contributed by atoms with Gasteiger partial charge in [-0.25, -0.2) is 4.98 Å². The van der Waals surface area contributed by atoms with Crippen molar-refractivity contribution in [1.29, 1.82) is 5.26 Å². The molecule has 0 atom stereocenters. The summed E-state index contributed by atoms with van der Waals surface area (Å²) in [7, 11) is 1.65. The molecule has 0 spiro atoms. The SMILES string of the molecule is COc1ccc(-n2cnc3ccc(-c4nnc(CCc5cccc(C#N)c5)o4)cc32)cc1. The molecule has 0 saturated carbocycles. The van der Waals surface area contributed by atoms with Crippen molar-refractivity contribution in [3.8, 4) is 29.0 Å². The predicted octanol–water partition coefficient (Wildman–Crippen LogP) is 4.74. The summed E-state index contributed by atoms with van der Waals surface area (Å²) in [4.78, 5) is 4.50. The van der Waals surface area contributed by atoms with Crippen LogP contribution in [0.3, 0.4) is 0 Å². The highest BCUT2D eigenvalue weighted by molar-refractivity contribution is 5.82. The van der Waals surface area contributed by atoms with Gasteiger partial charge < -0.3 is 9.15 Å². The van der Waals surface area contributed by atoms with Crippen LogP contribution in [0.1, 0.15) is 17.0 Å². The second-order valence-corrected chi connectivity index (χ2v) is 7.33. The topological polar surface area (TPSA) is 89.8 Å². The lowest BCUT2D eigenvalue weighted by Gasteiger charge is -2.06. The van der Waals surface area contributed by atoms with Crippen molar-refractivity contribution in [2.24, 2.45) is 0 Å². The third kappa shape index (κ3) is 3.82. The Morgan fingerprint density at radius 1 is 1.00 bits per heavy atom. The zero-order valence-corrected chi connectivity index (χ0v) is 17.4. The molecule has 0 saturated heterocycles. The van der Waals surface area contributed by atoms with E-state index in [2.05, 4.69) is 21.3 Å². The van der Waals surface area contributed by atoms with Crippen LogP contribution in [0.4, 0.5) is 0 Å². The second kappa shape index (κ2) is 8.36. The smallest absolute Gasteiger partial charge is 0.247 e. The third-order valence-corrected chi connectivity index (χ3v) is 5.30. The van der Waals surface area contributed by atoms with Gasteiger partial charge >= 0.3 is 0 Å². The highest BCUT2D eigenvalue weighted by atomic mass is 16.5. The van der Waals surface area contributed by atoms with E-state index in [1.54, 1.807) is 19.5 Å². The molecular weight excluding hydrogens is 402 g/mol. The number of hydrogen-bond donors (Lipinski definition) is 0. The highest BCUT2D eigenvalue weighted by Gasteiger charge is 2.12. The normalized spacial score (nSPS) is 10.9. The molecule has 5 aromatic rings. The standard InChI is InChI=1S/C25H19N5O2/c1-31-21-9-7-20(8-10-21)30-16-27-22-11-6-19(14-23(22)30)25-29-28-24(32-25)12-5-17-3-2-4-18(13-17)15-26/h2-4,6-11,13-14,16H,5,12H2,1H3. The quantitative estimate of drug-likeness (QED) is 0.393. The highest BCUT2D eigenvalue weighted by Crippen LogP contribution is 2.26. The van der Waals surface area contributed by atoms with E-state index in [9.17, 15) is 0 Å². The monoisotopic (exact) mass is 421 g/mol. The summed E-state index contributed by atoms with van der Waals surface area (Å²) >= 11 is 0. The number of benzene rings is 3. The van der Waals surface area contributed by atoms with Gasteiger partial charge in [0.2, 0.25) is 11.8 Å². The fourth-order valence-electron chi connectivity index (χ4n) is 3.61. The first-order valence-electron chi connectivity index (χ1n) is 10.2. The van der Waals surface area contributed by atoms with Gasteiger partial charge in [-0.15, -0.1) is 10.2 Å². The first-order chi connectivity index (χ1) is 15.7. The lowest BCUT2D eigenvalue weighted by atomic mass is 10.1. The van der Waals surface area contributed by atoms with Crippen molar-refractivity contribution in [2.75, 3.05) is 7.11 Å². The van der Waals surface area contributed by atoms with Crippen LogP contribution in [0.15, 0.2) is 77.5 Å². The van der Waals surface area contributed by atoms with Gasteiger partial charge in [0.05, 0.1) is 29.8 Å². The van der Waals surface area contributed by atoms with E-state index in [4.69, 9.17) is 14.4 Å². The van der Waals surface area contributed by atoms with E-state index >= 15 is 0 Å². The number of imidazole rings is 1. The van der Waals surface area contributed by atoms with E-state index in [1.807, 2.05) is 65.2 Å². The van der Waals surface area contributed by atoms with Crippen molar-refractivity contribution < 1.29 is 9.15 Å². The molecule has 0 fully saturated rings. The van der Waals surface area contributed by atoms with Gasteiger partial charge in [0.15, 0.2) is 0 Å². The Labute approximate surface area is 184 Å². The van der Waals surface area contributed by atoms with Crippen LogP contribution in [0.5, 0.6) is 5.75 Å². The summed E-state index contributed by atoms with van der Waals surface area (Å²) < 4.78 is 13.2. The van der Waals surface area contributed by atoms with Crippen molar-refractivity contribution in [3.63, 3.8) is 0 Å². The van der Waals surface area contributed by atoms with E-state index in [1.165, 1.54) is 0 Å². The average molecular weight is 421 g/mol. The van der Waals surface area contributed by atoms with Crippen molar-refractivity contribution in [1.82, 2.24) is 19.7 Å². The summed E-state index contributed by atoms with van der Waals surface area (Å²) in [5.74, 6) is 1.83. The Morgan fingerprint density at radius 3 is 2.69 bits per heavy atom. The van der Waals surface area contributed by atoms with E-state index in [-0.39, 0.29) is 0 Å². The number of aromatic nitrogens is 4. The Bertz CT molecular complexity index is 1430.